The Morgan fingerprint density at radius 3 is 1.22 bits per heavy atom. The summed E-state index contributed by atoms with van der Waals surface area (Å²) >= 11 is 2.16. The first kappa shape index (κ1) is 71.1. The van der Waals surface area contributed by atoms with Crippen LogP contribution in [0.15, 0.2) is 176 Å². The van der Waals surface area contributed by atoms with E-state index in [0.717, 1.165) is 137 Å². The molecule has 2 amide bonds. The fraction of sp³-hybridized carbons (Fsp3) is 0.326. The van der Waals surface area contributed by atoms with E-state index in [9.17, 15) is 0 Å². The van der Waals surface area contributed by atoms with Crippen molar-refractivity contribution in [2.75, 3.05) is 98.1 Å². The van der Waals surface area contributed by atoms with Gasteiger partial charge in [-0.25, -0.2) is 0 Å². The smallest absolute Gasteiger partial charge is 0.380 e. The summed E-state index contributed by atoms with van der Waals surface area (Å²) in [6.07, 6.45) is 0. The Morgan fingerprint density at radius 2 is 0.800 bits per heavy atom. The molecule has 6 heterocycles. The van der Waals surface area contributed by atoms with E-state index in [1.807, 2.05) is 70.5 Å². The van der Waals surface area contributed by atoms with E-state index in [0.29, 0.717) is 49.3 Å². The van der Waals surface area contributed by atoms with Crippen LogP contribution in [-0.4, -0.2) is 123 Å². The maximum atomic E-state index is 16.6. The van der Waals surface area contributed by atoms with Gasteiger partial charge in [0.2, 0.25) is 0 Å². The number of anilines is 4. The predicted octanol–water partition coefficient (Wildman–Crippen LogP) is 20.4. The zero-order valence-corrected chi connectivity index (χ0v) is 62.4. The van der Waals surface area contributed by atoms with E-state index in [1.165, 1.54) is 26.0 Å². The highest BCUT2D eigenvalue weighted by atomic mass is 32.1. The molecule has 0 N–H and O–H groups in total. The third-order valence-corrected chi connectivity index (χ3v) is 24.8. The molecule has 1 aliphatic carbocycles. The number of carbonyl (C=O) groups is 2. The van der Waals surface area contributed by atoms with Crippen molar-refractivity contribution in [1.29, 1.82) is 0 Å². The second-order valence-corrected chi connectivity index (χ2v) is 30.1. The maximum Gasteiger partial charge on any atom is 0.380 e. The third kappa shape index (κ3) is 10.8. The molecule has 10 aromatic rings. The SMILES string of the molecule is CCN(CC)c1ccc2c(c1)Oc1cc(N(CC)CC)ccc1C21c2ccccc2C(=O)N1CCN(CCN1C(=O)c2ccccc2C12c1ccc(N(CC)CC)cc1Oc1cc(N(CC)CC)ccc12)Cc1ccc(-c2cc(C3=C(c4c(C)sc5ccccc45)C(F)(F)C(F)(F)C3(F)F)c(C)s2)cc1. The highest BCUT2D eigenvalue weighted by molar-refractivity contribution is 7.19. The Balaban J connectivity index is 0.856. The van der Waals surface area contributed by atoms with Gasteiger partial charge in [0.25, 0.3) is 11.8 Å². The summed E-state index contributed by atoms with van der Waals surface area (Å²) in [4.78, 5) is 48.1. The molecule has 0 fully saturated rings. The van der Waals surface area contributed by atoms with Gasteiger partial charge >= 0.3 is 17.8 Å². The number of alkyl halides is 6. The number of hydrogen-bond acceptors (Lipinski definition) is 11. The molecule has 105 heavy (non-hydrogen) atoms. The molecule has 0 saturated carbocycles. The molecule has 0 atom stereocenters. The fourth-order valence-electron chi connectivity index (χ4n) is 17.4. The van der Waals surface area contributed by atoms with Gasteiger partial charge in [-0.1, -0.05) is 103 Å². The van der Waals surface area contributed by atoms with Crippen molar-refractivity contribution in [3.63, 3.8) is 0 Å². The van der Waals surface area contributed by atoms with Crippen molar-refractivity contribution in [2.45, 2.75) is 105 Å². The standard InChI is InChI=1S/C86H85F6N7O4S2/c1-11-94(12-2)57-35-39-67-71(47-57)102-72-48-58(95(13-3)14-4)36-40-68(72)82(67)65-28-22-19-25-61(65)80(100)98(82)45-43-93(52-55-31-33-56(34-32-55)76-51-64(53(9)104-76)78-79(85(89,90)86(91,92)84(78,87)88)77-54(10)105-75-30-24-21-27-63(75)77)44-46-99-81(101)62-26-20-23-29-66(62)83(99)69-41-37-59(96(15-5)16-6)49-73(69)103-74-50-60(38-42-70(74)83)97(17-7)18-8/h19-42,47-51H,11-18,43-46,52H2,1-10H3. The number of amides is 2. The molecule has 11 nitrogen and oxygen atoms in total. The van der Waals surface area contributed by atoms with E-state index in [-0.39, 0.29) is 70.8 Å². The molecule has 8 aromatic carbocycles. The molecule has 4 aliphatic heterocycles. The highest BCUT2D eigenvalue weighted by Crippen LogP contribution is 2.67. The van der Waals surface area contributed by atoms with Crippen LogP contribution in [0, 0.1) is 13.8 Å². The van der Waals surface area contributed by atoms with Gasteiger partial charge < -0.3 is 38.9 Å². The van der Waals surface area contributed by atoms with Crippen molar-refractivity contribution < 1.29 is 45.4 Å². The van der Waals surface area contributed by atoms with Crippen LogP contribution in [0.25, 0.3) is 31.7 Å². The summed E-state index contributed by atoms with van der Waals surface area (Å²) < 4.78 is 113. The van der Waals surface area contributed by atoms with Crippen molar-refractivity contribution in [3.8, 4) is 33.4 Å². The molecule has 19 heteroatoms. The molecule has 542 valence electrons. The van der Waals surface area contributed by atoms with Crippen LogP contribution in [0.4, 0.5) is 49.1 Å². The van der Waals surface area contributed by atoms with Crippen LogP contribution in [0.2, 0.25) is 0 Å². The van der Waals surface area contributed by atoms with Crippen molar-refractivity contribution in [3.05, 3.63) is 247 Å². The molecule has 0 saturated heterocycles. The van der Waals surface area contributed by atoms with Crippen LogP contribution in [0.5, 0.6) is 23.0 Å². The number of benzene rings is 8. The van der Waals surface area contributed by atoms with Crippen LogP contribution in [0.1, 0.15) is 136 Å². The van der Waals surface area contributed by atoms with E-state index >= 15 is 35.9 Å². The Labute approximate surface area is 618 Å². The number of ether oxygens (including phenoxy) is 2. The maximum absolute atomic E-state index is 16.6. The summed E-state index contributed by atoms with van der Waals surface area (Å²) in [7, 11) is 0. The van der Waals surface area contributed by atoms with E-state index in [4.69, 9.17) is 9.47 Å². The zero-order valence-electron chi connectivity index (χ0n) is 60.8. The molecule has 2 aromatic heterocycles. The van der Waals surface area contributed by atoms with Gasteiger partial charge in [0, 0.05) is 207 Å². The third-order valence-electron chi connectivity index (χ3n) is 22.6. The minimum atomic E-state index is -5.73. The van der Waals surface area contributed by atoms with Crippen LogP contribution >= 0.6 is 22.7 Å². The number of nitrogens with zero attached hydrogens (tertiary/aromatic N) is 7. The number of hydrogen-bond donors (Lipinski definition) is 0. The molecular formula is C86H85F6N7O4S2. The quantitative estimate of drug-likeness (QED) is 0.0582. The highest BCUT2D eigenvalue weighted by Gasteiger charge is 2.80. The van der Waals surface area contributed by atoms with Crippen molar-refractivity contribution in [2.24, 2.45) is 0 Å². The molecule has 5 aliphatic rings. The van der Waals surface area contributed by atoms with Gasteiger partial charge in [0.1, 0.15) is 34.1 Å². The minimum Gasteiger partial charge on any atom is -0.456 e. The molecule has 0 radical (unpaired) electrons. The molecule has 15 rings (SSSR count). The number of allylic oxidation sites excluding steroid dienone is 2. The normalized spacial score (nSPS) is 16.5. The lowest BCUT2D eigenvalue weighted by molar-refractivity contribution is -0.254. The van der Waals surface area contributed by atoms with Gasteiger partial charge in [0.05, 0.1) is 0 Å². The first-order chi connectivity index (χ1) is 50.6. The molecule has 0 unspecified atom stereocenters. The summed E-state index contributed by atoms with van der Waals surface area (Å²) in [5.41, 5.74) is 5.67. The van der Waals surface area contributed by atoms with Gasteiger partial charge in [-0.05, 0) is 146 Å². The van der Waals surface area contributed by atoms with Gasteiger partial charge in [-0.2, -0.15) is 26.3 Å². The Hall–Kier alpha value is -9.56. The van der Waals surface area contributed by atoms with Gasteiger partial charge in [-0.15, -0.1) is 22.7 Å². The number of aryl methyl sites for hydroxylation is 2. The number of rotatable bonds is 23. The zero-order chi connectivity index (χ0) is 73.8. The second kappa shape index (κ2) is 27.1. The van der Waals surface area contributed by atoms with Crippen LogP contribution < -0.4 is 29.1 Å². The Morgan fingerprint density at radius 1 is 0.410 bits per heavy atom. The largest absolute Gasteiger partial charge is 0.456 e. The number of thiophene rings is 2. The monoisotopic (exact) mass is 1460 g/mol. The average molecular weight is 1460 g/mol. The predicted molar refractivity (Wildman–Crippen MR) is 413 cm³/mol. The van der Waals surface area contributed by atoms with E-state index < -0.39 is 40.0 Å². The summed E-state index contributed by atoms with van der Waals surface area (Å²) in [5.74, 6) is -13.9. The molecule has 2 spiro atoms. The lowest BCUT2D eigenvalue weighted by Crippen LogP contribution is -2.52. The Bertz CT molecular complexity index is 4770. The van der Waals surface area contributed by atoms with Crippen molar-refractivity contribution >= 4 is 78.5 Å². The number of halogens is 6. The van der Waals surface area contributed by atoms with Gasteiger partial charge in [0.15, 0.2) is 0 Å². The molecular weight excluding hydrogens is 1370 g/mol. The van der Waals surface area contributed by atoms with Gasteiger partial charge in [-0.3, -0.25) is 14.5 Å². The lowest BCUT2D eigenvalue weighted by Gasteiger charge is -2.46. The van der Waals surface area contributed by atoms with E-state index in [2.05, 4.69) is 165 Å². The Kier molecular flexibility index (Phi) is 18.3. The van der Waals surface area contributed by atoms with Crippen molar-refractivity contribution in [1.82, 2.24) is 14.7 Å². The minimum absolute atomic E-state index is 0.155. The topological polar surface area (TPSA) is 75.3 Å². The van der Waals surface area contributed by atoms with Crippen LogP contribution in [-0.2, 0) is 17.6 Å². The average Bonchev–Trinajstić information content (AvgIpc) is 1.52. The summed E-state index contributed by atoms with van der Waals surface area (Å²) in [6, 6.07) is 56.3. The molecule has 0 bridgehead atoms. The fourth-order valence-corrected chi connectivity index (χ4v) is 19.5. The lowest BCUT2D eigenvalue weighted by atomic mass is 9.74. The summed E-state index contributed by atoms with van der Waals surface area (Å²) in [5, 5.41) is 0.202. The van der Waals surface area contributed by atoms with E-state index in [1.54, 1.807) is 18.2 Å². The number of fused-ring (bicyclic) bond motifs is 13. The first-order valence-electron chi connectivity index (χ1n) is 36.7. The van der Waals surface area contributed by atoms with Crippen LogP contribution in [0.3, 0.4) is 0 Å². The first-order valence-corrected chi connectivity index (χ1v) is 38.3. The summed E-state index contributed by atoms with van der Waals surface area (Å²) in [6.45, 7) is 27.4. The second-order valence-electron chi connectivity index (χ2n) is 27.6. The number of carbonyl (C=O) groups excluding carboxylic acids is 2.